The molecule has 2 rings (SSSR count). The van der Waals surface area contributed by atoms with Gasteiger partial charge in [0.1, 0.15) is 0 Å². The highest BCUT2D eigenvalue weighted by Crippen LogP contribution is 2.16. The number of nitrogens with one attached hydrogen (secondary N) is 2. The first-order chi connectivity index (χ1) is 12.2. The number of benzene rings is 2. The van der Waals surface area contributed by atoms with Crippen LogP contribution in [0.5, 0.6) is 0 Å². The van der Waals surface area contributed by atoms with E-state index in [0.717, 1.165) is 11.3 Å². The third-order valence-electron chi connectivity index (χ3n) is 3.98. The second kappa shape index (κ2) is 8.33. The van der Waals surface area contributed by atoms with E-state index < -0.39 is 10.0 Å². The molecule has 0 radical (unpaired) electrons. The van der Waals surface area contributed by atoms with Gasteiger partial charge in [0, 0.05) is 38.4 Å². The molecule has 140 valence electrons. The quantitative estimate of drug-likeness (QED) is 0.727. The lowest BCUT2D eigenvalue weighted by Crippen LogP contribution is -2.35. The maximum atomic E-state index is 12.4. The van der Waals surface area contributed by atoms with Crippen molar-refractivity contribution in [3.05, 3.63) is 59.2 Å². The van der Waals surface area contributed by atoms with Crippen molar-refractivity contribution in [2.45, 2.75) is 18.7 Å². The van der Waals surface area contributed by atoms with E-state index in [-0.39, 0.29) is 23.9 Å². The summed E-state index contributed by atoms with van der Waals surface area (Å²) in [6, 6.07) is 12.5. The predicted octanol–water partition coefficient (Wildman–Crippen LogP) is 2.08. The highest BCUT2D eigenvalue weighted by molar-refractivity contribution is 7.89. The molecule has 0 aliphatic carbocycles. The maximum Gasteiger partial charge on any atom is 0.251 e. The first-order valence-electron chi connectivity index (χ1n) is 8.33. The second-order valence-corrected chi connectivity index (χ2v) is 8.10. The smallest absolute Gasteiger partial charge is 0.251 e. The average Bonchev–Trinajstić information content (AvgIpc) is 2.60. The Morgan fingerprint density at radius 3 is 2.27 bits per heavy atom. The number of hydrogen-bond acceptors (Lipinski definition) is 4. The number of nitrogens with zero attached hydrogens (tertiary/aromatic N) is 1. The molecule has 0 bridgehead atoms. The Morgan fingerprint density at radius 2 is 1.65 bits per heavy atom. The zero-order valence-electron chi connectivity index (χ0n) is 15.5. The van der Waals surface area contributed by atoms with Gasteiger partial charge in [-0.2, -0.15) is 0 Å². The SMILES string of the molecule is Cc1ccc(C)c(S(=O)(=O)NCCNC(=O)c2ccc(N(C)C)cc2)c1. The number of anilines is 1. The topological polar surface area (TPSA) is 78.5 Å². The Bertz CT molecular complexity index is 875. The number of aryl methyl sites for hydroxylation is 2. The summed E-state index contributed by atoms with van der Waals surface area (Å²) in [7, 11) is 0.257. The van der Waals surface area contributed by atoms with Crippen LogP contribution in [0.15, 0.2) is 47.4 Å². The van der Waals surface area contributed by atoms with Crippen LogP contribution >= 0.6 is 0 Å². The molecule has 6 nitrogen and oxygen atoms in total. The zero-order chi connectivity index (χ0) is 19.3. The molecule has 0 fully saturated rings. The van der Waals surface area contributed by atoms with Gasteiger partial charge >= 0.3 is 0 Å². The van der Waals surface area contributed by atoms with Crippen molar-refractivity contribution in [1.82, 2.24) is 10.0 Å². The van der Waals surface area contributed by atoms with Gasteiger partial charge in [0.2, 0.25) is 10.0 Å². The number of sulfonamides is 1. The minimum atomic E-state index is -3.60. The molecule has 0 aromatic heterocycles. The summed E-state index contributed by atoms with van der Waals surface area (Å²) >= 11 is 0. The molecule has 0 atom stereocenters. The van der Waals surface area contributed by atoms with Crippen LogP contribution in [0.25, 0.3) is 0 Å². The first-order valence-corrected chi connectivity index (χ1v) is 9.81. The van der Waals surface area contributed by atoms with Crippen molar-refractivity contribution >= 4 is 21.6 Å². The molecule has 0 spiro atoms. The molecule has 2 N–H and O–H groups in total. The fourth-order valence-electron chi connectivity index (χ4n) is 2.45. The van der Waals surface area contributed by atoms with Crippen LogP contribution in [0.3, 0.4) is 0 Å². The summed E-state index contributed by atoms with van der Waals surface area (Å²) in [6.07, 6.45) is 0. The second-order valence-electron chi connectivity index (χ2n) is 6.36. The van der Waals surface area contributed by atoms with Crippen LogP contribution in [0.4, 0.5) is 5.69 Å². The van der Waals surface area contributed by atoms with Gasteiger partial charge in [-0.25, -0.2) is 13.1 Å². The molecular formula is C19H25N3O3S. The largest absolute Gasteiger partial charge is 0.378 e. The first kappa shape index (κ1) is 19.9. The molecule has 0 aliphatic heterocycles. The van der Waals surface area contributed by atoms with Crippen LogP contribution in [0, 0.1) is 13.8 Å². The predicted molar refractivity (Wildman–Crippen MR) is 104 cm³/mol. The molecule has 26 heavy (non-hydrogen) atoms. The molecule has 2 aromatic rings. The van der Waals surface area contributed by atoms with E-state index >= 15 is 0 Å². The Kier molecular flexibility index (Phi) is 6.39. The summed E-state index contributed by atoms with van der Waals surface area (Å²) in [5.41, 5.74) is 3.11. The molecule has 0 saturated carbocycles. The Labute approximate surface area is 155 Å². The number of amides is 1. The van der Waals surface area contributed by atoms with Crippen LogP contribution < -0.4 is 14.9 Å². The number of carbonyl (C=O) groups is 1. The van der Waals surface area contributed by atoms with Crippen molar-refractivity contribution in [2.24, 2.45) is 0 Å². The summed E-state index contributed by atoms with van der Waals surface area (Å²) in [6.45, 7) is 3.93. The molecule has 0 saturated heterocycles. The minimum Gasteiger partial charge on any atom is -0.378 e. The van der Waals surface area contributed by atoms with Crippen LogP contribution in [0.1, 0.15) is 21.5 Å². The van der Waals surface area contributed by atoms with E-state index in [9.17, 15) is 13.2 Å². The Hall–Kier alpha value is -2.38. The van der Waals surface area contributed by atoms with E-state index in [2.05, 4.69) is 10.0 Å². The third kappa shape index (κ3) is 5.06. The minimum absolute atomic E-state index is 0.122. The van der Waals surface area contributed by atoms with Gasteiger partial charge in [-0.1, -0.05) is 12.1 Å². The van der Waals surface area contributed by atoms with E-state index in [1.54, 1.807) is 31.2 Å². The number of hydrogen-bond donors (Lipinski definition) is 2. The van der Waals surface area contributed by atoms with Gasteiger partial charge in [0.05, 0.1) is 4.90 Å². The Morgan fingerprint density at radius 1 is 1.00 bits per heavy atom. The third-order valence-corrected chi connectivity index (χ3v) is 5.58. The van der Waals surface area contributed by atoms with E-state index in [1.807, 2.05) is 44.1 Å². The summed E-state index contributed by atoms with van der Waals surface area (Å²) in [4.78, 5) is 14.3. The van der Waals surface area contributed by atoms with Gasteiger partial charge in [-0.3, -0.25) is 4.79 Å². The fourth-order valence-corrected chi connectivity index (χ4v) is 3.81. The molecule has 1 amide bonds. The highest BCUT2D eigenvalue weighted by Gasteiger charge is 2.16. The number of rotatable bonds is 7. The lowest BCUT2D eigenvalue weighted by molar-refractivity contribution is 0.0954. The number of carbonyl (C=O) groups excluding carboxylic acids is 1. The summed E-state index contributed by atoms with van der Waals surface area (Å²) < 4.78 is 27.3. The lowest BCUT2D eigenvalue weighted by Gasteiger charge is -2.13. The van der Waals surface area contributed by atoms with E-state index in [4.69, 9.17) is 0 Å². The van der Waals surface area contributed by atoms with Crippen LogP contribution in [-0.4, -0.2) is 41.5 Å². The lowest BCUT2D eigenvalue weighted by atomic mass is 10.2. The molecule has 0 aliphatic rings. The van der Waals surface area contributed by atoms with E-state index in [0.29, 0.717) is 11.1 Å². The molecule has 0 unspecified atom stereocenters. The standard InChI is InChI=1S/C19H25N3O3S/c1-14-5-6-15(2)18(13-14)26(24,25)21-12-11-20-19(23)16-7-9-17(10-8-16)22(3)4/h5-10,13,21H,11-12H2,1-4H3,(H,20,23). The molecule has 7 heteroatoms. The van der Waals surface area contributed by atoms with Crippen molar-refractivity contribution < 1.29 is 13.2 Å². The van der Waals surface area contributed by atoms with Crippen molar-refractivity contribution in [3.63, 3.8) is 0 Å². The van der Waals surface area contributed by atoms with Gasteiger partial charge in [-0.05, 0) is 55.3 Å². The monoisotopic (exact) mass is 375 g/mol. The maximum absolute atomic E-state index is 12.4. The highest BCUT2D eigenvalue weighted by atomic mass is 32.2. The van der Waals surface area contributed by atoms with Gasteiger partial charge < -0.3 is 10.2 Å². The van der Waals surface area contributed by atoms with Crippen molar-refractivity contribution in [1.29, 1.82) is 0 Å². The van der Waals surface area contributed by atoms with Gasteiger partial charge in [0.15, 0.2) is 0 Å². The summed E-state index contributed by atoms with van der Waals surface area (Å²) in [5.74, 6) is -0.235. The average molecular weight is 375 g/mol. The fraction of sp³-hybridized carbons (Fsp3) is 0.316. The van der Waals surface area contributed by atoms with Crippen LogP contribution in [0.2, 0.25) is 0 Å². The molecular weight excluding hydrogens is 350 g/mol. The molecule has 0 heterocycles. The molecule has 2 aromatic carbocycles. The normalized spacial score (nSPS) is 11.2. The van der Waals surface area contributed by atoms with Crippen molar-refractivity contribution in [2.75, 3.05) is 32.1 Å². The van der Waals surface area contributed by atoms with Crippen molar-refractivity contribution in [3.8, 4) is 0 Å². The Balaban J connectivity index is 1.89. The van der Waals surface area contributed by atoms with Gasteiger partial charge in [0.25, 0.3) is 5.91 Å². The van der Waals surface area contributed by atoms with E-state index in [1.165, 1.54) is 0 Å². The van der Waals surface area contributed by atoms with Gasteiger partial charge in [-0.15, -0.1) is 0 Å². The summed E-state index contributed by atoms with van der Waals surface area (Å²) in [5, 5.41) is 2.72. The zero-order valence-corrected chi connectivity index (χ0v) is 16.4. The van der Waals surface area contributed by atoms with Crippen LogP contribution in [-0.2, 0) is 10.0 Å².